The lowest BCUT2D eigenvalue weighted by Gasteiger charge is -2.15. The molecule has 4 aromatic rings. The predicted octanol–water partition coefficient (Wildman–Crippen LogP) is 3.76. The van der Waals surface area contributed by atoms with E-state index < -0.39 is 0 Å². The Morgan fingerprint density at radius 2 is 1.81 bits per heavy atom. The van der Waals surface area contributed by atoms with E-state index >= 15 is 0 Å². The fourth-order valence-corrected chi connectivity index (χ4v) is 2.58. The zero-order chi connectivity index (χ0) is 17.8. The van der Waals surface area contributed by atoms with E-state index in [4.69, 9.17) is 4.52 Å². The van der Waals surface area contributed by atoms with Crippen LogP contribution >= 0.6 is 0 Å². The summed E-state index contributed by atoms with van der Waals surface area (Å²) in [6.07, 6.45) is 6.67. The first-order valence-electron chi connectivity index (χ1n) is 8.17. The topological polar surface area (TPSA) is 89.6 Å². The molecule has 1 unspecified atom stereocenters. The van der Waals surface area contributed by atoms with Crippen LogP contribution in [0.2, 0.25) is 0 Å². The summed E-state index contributed by atoms with van der Waals surface area (Å²) < 4.78 is 5.44. The van der Waals surface area contributed by atoms with Crippen molar-refractivity contribution in [2.75, 3.05) is 5.32 Å². The van der Waals surface area contributed by atoms with Gasteiger partial charge in [0.05, 0.1) is 6.04 Å². The number of aromatic nitrogens is 5. The van der Waals surface area contributed by atoms with Crippen molar-refractivity contribution in [3.63, 3.8) is 0 Å². The van der Waals surface area contributed by atoms with E-state index in [-0.39, 0.29) is 6.04 Å². The van der Waals surface area contributed by atoms with Gasteiger partial charge in [0, 0.05) is 24.2 Å². The van der Waals surface area contributed by atoms with Crippen molar-refractivity contribution in [1.29, 1.82) is 0 Å². The molecular weight excluding hydrogens is 328 g/mol. The minimum Gasteiger partial charge on any atom is -0.363 e. The molecule has 1 N–H and O–H groups in total. The molecule has 0 spiro atoms. The largest absolute Gasteiger partial charge is 0.363 e. The molecule has 7 nitrogen and oxygen atoms in total. The first kappa shape index (κ1) is 15.9. The smallest absolute Gasteiger partial charge is 0.263 e. The van der Waals surface area contributed by atoms with Crippen LogP contribution in [-0.4, -0.2) is 25.1 Å². The van der Waals surface area contributed by atoms with E-state index in [1.165, 1.54) is 6.33 Å². The maximum absolute atomic E-state index is 5.44. The van der Waals surface area contributed by atoms with Crippen molar-refractivity contribution >= 4 is 5.82 Å². The zero-order valence-corrected chi connectivity index (χ0v) is 14.1. The Morgan fingerprint density at radius 3 is 2.62 bits per heavy atom. The molecule has 0 radical (unpaired) electrons. The SMILES string of the molecule is CC(Nc1ncncc1-c1nc(-c2ccccc2)no1)c1ccncc1. The van der Waals surface area contributed by atoms with Crippen molar-refractivity contribution in [2.24, 2.45) is 0 Å². The molecule has 4 rings (SSSR count). The summed E-state index contributed by atoms with van der Waals surface area (Å²) >= 11 is 0. The van der Waals surface area contributed by atoms with Gasteiger partial charge in [-0.05, 0) is 24.6 Å². The minimum atomic E-state index is 0.0307. The van der Waals surface area contributed by atoms with E-state index in [2.05, 4.69) is 30.4 Å². The number of pyridine rings is 1. The molecule has 0 amide bonds. The Balaban J connectivity index is 1.63. The molecule has 0 aliphatic heterocycles. The third kappa shape index (κ3) is 3.27. The number of hydrogen-bond acceptors (Lipinski definition) is 7. The van der Waals surface area contributed by atoms with Crippen molar-refractivity contribution < 1.29 is 4.52 Å². The highest BCUT2D eigenvalue weighted by Gasteiger charge is 2.17. The van der Waals surface area contributed by atoms with Crippen LogP contribution in [-0.2, 0) is 0 Å². The van der Waals surface area contributed by atoms with Crippen molar-refractivity contribution in [3.05, 3.63) is 72.9 Å². The monoisotopic (exact) mass is 344 g/mol. The number of hydrogen-bond donors (Lipinski definition) is 1. The second-order valence-electron chi connectivity index (χ2n) is 5.72. The summed E-state index contributed by atoms with van der Waals surface area (Å²) in [5.74, 6) is 1.53. The standard InChI is InChI=1S/C19H16N6O/c1-13(14-7-9-20-10-8-14)23-18-16(11-21-12-22-18)19-24-17(25-26-19)15-5-3-2-4-6-15/h2-13H,1H3,(H,21,22,23). The van der Waals surface area contributed by atoms with Gasteiger partial charge in [0.15, 0.2) is 0 Å². The number of nitrogens with zero attached hydrogens (tertiary/aromatic N) is 5. The van der Waals surface area contributed by atoms with Crippen molar-refractivity contribution in [1.82, 2.24) is 25.1 Å². The van der Waals surface area contributed by atoms with Crippen LogP contribution in [0.4, 0.5) is 5.82 Å². The molecule has 3 aromatic heterocycles. The maximum Gasteiger partial charge on any atom is 0.263 e. The van der Waals surface area contributed by atoms with E-state index in [0.29, 0.717) is 23.1 Å². The molecule has 1 atom stereocenters. The van der Waals surface area contributed by atoms with Gasteiger partial charge in [-0.25, -0.2) is 9.97 Å². The molecular formula is C19H16N6O. The average Bonchev–Trinajstić information content (AvgIpc) is 3.20. The van der Waals surface area contributed by atoms with E-state index in [1.54, 1.807) is 18.6 Å². The fraction of sp³-hybridized carbons (Fsp3) is 0.105. The van der Waals surface area contributed by atoms with Crippen molar-refractivity contribution in [3.8, 4) is 22.8 Å². The van der Waals surface area contributed by atoms with Gasteiger partial charge >= 0.3 is 0 Å². The summed E-state index contributed by atoms with van der Waals surface area (Å²) in [4.78, 5) is 17.0. The Bertz CT molecular complexity index is 987. The van der Waals surface area contributed by atoms with Crippen LogP contribution in [0.15, 0.2) is 71.9 Å². The highest BCUT2D eigenvalue weighted by Crippen LogP contribution is 2.28. The first-order valence-corrected chi connectivity index (χ1v) is 8.17. The molecule has 26 heavy (non-hydrogen) atoms. The van der Waals surface area contributed by atoms with Crippen molar-refractivity contribution in [2.45, 2.75) is 13.0 Å². The average molecular weight is 344 g/mol. The number of rotatable bonds is 5. The van der Waals surface area contributed by atoms with Gasteiger partial charge in [0.1, 0.15) is 17.7 Å². The van der Waals surface area contributed by atoms with Gasteiger partial charge in [0.2, 0.25) is 5.82 Å². The summed E-state index contributed by atoms with van der Waals surface area (Å²) in [5, 5.41) is 7.43. The second-order valence-corrected chi connectivity index (χ2v) is 5.72. The van der Waals surface area contributed by atoms with Crippen LogP contribution in [0.1, 0.15) is 18.5 Å². The molecule has 0 aliphatic carbocycles. The number of benzene rings is 1. The molecule has 0 saturated heterocycles. The maximum atomic E-state index is 5.44. The van der Waals surface area contributed by atoms with Gasteiger partial charge in [-0.15, -0.1) is 0 Å². The Labute approximate surface area is 150 Å². The summed E-state index contributed by atoms with van der Waals surface area (Å²) in [6.45, 7) is 2.05. The Kier molecular flexibility index (Phi) is 4.34. The van der Waals surface area contributed by atoms with Crippen LogP contribution in [0, 0.1) is 0 Å². The lowest BCUT2D eigenvalue weighted by atomic mass is 10.1. The third-order valence-electron chi connectivity index (χ3n) is 3.96. The van der Waals surface area contributed by atoms with Crippen LogP contribution in [0.5, 0.6) is 0 Å². The molecule has 7 heteroatoms. The Morgan fingerprint density at radius 1 is 1.00 bits per heavy atom. The number of nitrogens with one attached hydrogen (secondary N) is 1. The van der Waals surface area contributed by atoms with E-state index in [9.17, 15) is 0 Å². The normalized spacial score (nSPS) is 11.9. The predicted molar refractivity (Wildman–Crippen MR) is 97.0 cm³/mol. The van der Waals surface area contributed by atoms with E-state index in [0.717, 1.165) is 11.1 Å². The van der Waals surface area contributed by atoms with Gasteiger partial charge in [0.25, 0.3) is 5.89 Å². The Hall–Kier alpha value is -3.61. The molecule has 0 aliphatic rings. The molecule has 128 valence electrons. The molecule has 0 fully saturated rings. The van der Waals surface area contributed by atoms with Gasteiger partial charge < -0.3 is 9.84 Å². The molecule has 3 heterocycles. The summed E-state index contributed by atoms with van der Waals surface area (Å²) in [7, 11) is 0. The first-order chi connectivity index (χ1) is 12.8. The van der Waals surface area contributed by atoms with Crippen LogP contribution in [0.25, 0.3) is 22.8 Å². The summed E-state index contributed by atoms with van der Waals surface area (Å²) in [5.41, 5.74) is 2.64. The minimum absolute atomic E-state index is 0.0307. The highest BCUT2D eigenvalue weighted by atomic mass is 16.5. The quantitative estimate of drug-likeness (QED) is 0.589. The third-order valence-corrected chi connectivity index (χ3v) is 3.96. The van der Waals surface area contributed by atoms with Crippen LogP contribution < -0.4 is 5.32 Å². The molecule has 0 saturated carbocycles. The van der Waals surface area contributed by atoms with Gasteiger partial charge in [-0.3, -0.25) is 4.98 Å². The zero-order valence-electron chi connectivity index (χ0n) is 14.1. The summed E-state index contributed by atoms with van der Waals surface area (Å²) in [6, 6.07) is 13.6. The second kappa shape index (κ2) is 7.10. The fourth-order valence-electron chi connectivity index (χ4n) is 2.58. The lowest BCUT2D eigenvalue weighted by molar-refractivity contribution is 0.432. The molecule has 0 bridgehead atoms. The van der Waals surface area contributed by atoms with E-state index in [1.807, 2.05) is 49.4 Å². The highest BCUT2D eigenvalue weighted by molar-refractivity contribution is 5.69. The molecule has 1 aromatic carbocycles. The number of anilines is 1. The van der Waals surface area contributed by atoms with Crippen LogP contribution in [0.3, 0.4) is 0 Å². The lowest BCUT2D eigenvalue weighted by Crippen LogP contribution is -2.09. The van der Waals surface area contributed by atoms with Gasteiger partial charge in [-0.2, -0.15) is 4.98 Å². The van der Waals surface area contributed by atoms with Gasteiger partial charge in [-0.1, -0.05) is 35.5 Å².